The molecule has 0 bridgehead atoms. The van der Waals surface area contributed by atoms with Gasteiger partial charge >= 0.3 is 5.97 Å². The molecular weight excluding hydrogens is 150 g/mol. The Labute approximate surface area is 63.8 Å². The first-order valence-corrected chi connectivity index (χ1v) is 3.29. The highest BCUT2D eigenvalue weighted by Gasteiger charge is 2.46. The minimum absolute atomic E-state index is 0.0527. The molecule has 1 heterocycles. The van der Waals surface area contributed by atoms with Gasteiger partial charge in [0.05, 0.1) is 6.04 Å². The van der Waals surface area contributed by atoms with Gasteiger partial charge in [-0.15, -0.1) is 0 Å². The fraction of sp³-hybridized carbons (Fsp3) is 0.833. The molecular formula is C6H11NO4. The first-order chi connectivity index (χ1) is 4.96. The highest BCUT2D eigenvalue weighted by molar-refractivity contribution is 5.77. The minimum atomic E-state index is -1.57. The smallest absolute Gasteiger partial charge is 0.338 e. The van der Waals surface area contributed by atoms with Gasteiger partial charge < -0.3 is 20.7 Å². The van der Waals surface area contributed by atoms with Gasteiger partial charge in [0.15, 0.2) is 6.10 Å². The maximum absolute atomic E-state index is 10.7. The number of ether oxygens (including phenoxy) is 1. The summed E-state index contributed by atoms with van der Waals surface area (Å²) in [7, 11) is 0. The average molecular weight is 161 g/mol. The summed E-state index contributed by atoms with van der Waals surface area (Å²) >= 11 is 0. The first kappa shape index (κ1) is 8.45. The van der Waals surface area contributed by atoms with Gasteiger partial charge in [-0.2, -0.15) is 0 Å². The molecule has 1 aliphatic heterocycles. The highest BCUT2D eigenvalue weighted by atomic mass is 16.6. The van der Waals surface area contributed by atoms with E-state index < -0.39 is 23.7 Å². The number of aliphatic hydroxyl groups is 2. The van der Waals surface area contributed by atoms with Crippen LogP contribution in [0.3, 0.4) is 0 Å². The van der Waals surface area contributed by atoms with Gasteiger partial charge in [0.25, 0.3) is 0 Å². The Morgan fingerprint density at radius 2 is 2.36 bits per heavy atom. The van der Waals surface area contributed by atoms with Crippen LogP contribution < -0.4 is 5.73 Å². The van der Waals surface area contributed by atoms with Crippen molar-refractivity contribution in [2.24, 2.45) is 5.73 Å². The number of nitrogens with two attached hydrogens (primary N) is 1. The van der Waals surface area contributed by atoms with Crippen LogP contribution in [0.25, 0.3) is 0 Å². The molecule has 3 atom stereocenters. The lowest BCUT2D eigenvalue weighted by molar-refractivity contribution is -0.187. The van der Waals surface area contributed by atoms with Gasteiger partial charge in [0.1, 0.15) is 12.2 Å². The molecule has 1 fully saturated rings. The van der Waals surface area contributed by atoms with E-state index >= 15 is 0 Å². The van der Waals surface area contributed by atoms with E-state index in [2.05, 4.69) is 4.74 Å². The summed E-state index contributed by atoms with van der Waals surface area (Å²) in [6.07, 6.45) is -1.54. The molecule has 0 aromatic carbocycles. The lowest BCUT2D eigenvalue weighted by Crippen LogP contribution is -2.63. The molecule has 0 saturated carbocycles. The molecule has 1 aliphatic rings. The van der Waals surface area contributed by atoms with Gasteiger partial charge in [-0.05, 0) is 6.92 Å². The van der Waals surface area contributed by atoms with Gasteiger partial charge in [0, 0.05) is 0 Å². The van der Waals surface area contributed by atoms with Crippen LogP contribution in [-0.4, -0.2) is 40.5 Å². The third-order valence-electron chi connectivity index (χ3n) is 1.93. The Morgan fingerprint density at radius 3 is 2.82 bits per heavy atom. The molecule has 0 spiro atoms. The van der Waals surface area contributed by atoms with Crippen LogP contribution in [0.2, 0.25) is 0 Å². The van der Waals surface area contributed by atoms with Crippen molar-refractivity contribution in [2.45, 2.75) is 24.7 Å². The van der Waals surface area contributed by atoms with E-state index in [9.17, 15) is 9.90 Å². The predicted octanol–water partition coefficient (Wildman–Crippen LogP) is -2.02. The molecule has 0 aromatic rings. The molecule has 0 radical (unpaired) electrons. The monoisotopic (exact) mass is 161 g/mol. The van der Waals surface area contributed by atoms with Crippen LogP contribution in [0.1, 0.15) is 6.92 Å². The summed E-state index contributed by atoms with van der Waals surface area (Å²) in [5.41, 5.74) is 3.80. The molecule has 1 rings (SSSR count). The zero-order chi connectivity index (χ0) is 8.65. The predicted molar refractivity (Wildman–Crippen MR) is 35.6 cm³/mol. The molecule has 0 aromatic heterocycles. The quantitative estimate of drug-likeness (QED) is 0.357. The van der Waals surface area contributed by atoms with Crippen molar-refractivity contribution in [3.05, 3.63) is 0 Å². The number of carbonyl (C=O) groups excluding carboxylic acids is 1. The van der Waals surface area contributed by atoms with E-state index in [0.717, 1.165) is 0 Å². The molecule has 5 nitrogen and oxygen atoms in total. The SMILES string of the molecule is C[C@@]1(O)[C@H](N)COC(=O)[C@@H]1O. The van der Waals surface area contributed by atoms with E-state index in [4.69, 9.17) is 10.8 Å². The van der Waals surface area contributed by atoms with Gasteiger partial charge in [-0.25, -0.2) is 4.79 Å². The maximum Gasteiger partial charge on any atom is 0.338 e. The van der Waals surface area contributed by atoms with Gasteiger partial charge in [-0.1, -0.05) is 0 Å². The van der Waals surface area contributed by atoms with E-state index in [1.807, 2.05) is 0 Å². The number of esters is 1. The Bertz CT molecular complexity index is 179. The average Bonchev–Trinajstić information content (AvgIpc) is 1.95. The summed E-state index contributed by atoms with van der Waals surface area (Å²) in [4.78, 5) is 10.7. The third-order valence-corrected chi connectivity index (χ3v) is 1.93. The third kappa shape index (κ3) is 1.22. The highest BCUT2D eigenvalue weighted by Crippen LogP contribution is 2.19. The number of hydrogen-bond acceptors (Lipinski definition) is 5. The van der Waals surface area contributed by atoms with Crippen molar-refractivity contribution in [3.63, 3.8) is 0 Å². The van der Waals surface area contributed by atoms with Gasteiger partial charge in [-0.3, -0.25) is 0 Å². The van der Waals surface area contributed by atoms with Crippen molar-refractivity contribution < 1.29 is 19.7 Å². The number of carbonyl (C=O) groups is 1. The standard InChI is InChI=1S/C6H11NO4/c1-6(10)3(7)2-11-5(9)4(6)8/h3-4,8,10H,2,7H2,1H3/t3-,4+,6-/m1/s1. The second kappa shape index (κ2) is 2.44. The lowest BCUT2D eigenvalue weighted by Gasteiger charge is -2.36. The molecule has 4 N–H and O–H groups in total. The van der Waals surface area contributed by atoms with E-state index in [0.29, 0.717) is 0 Å². The summed E-state index contributed by atoms with van der Waals surface area (Å²) in [5, 5.41) is 18.5. The Morgan fingerprint density at radius 1 is 1.82 bits per heavy atom. The molecule has 0 amide bonds. The Balaban J connectivity index is 2.80. The van der Waals surface area contributed by atoms with Crippen LogP contribution in [0, 0.1) is 0 Å². The molecule has 0 unspecified atom stereocenters. The second-order valence-corrected chi connectivity index (χ2v) is 2.86. The number of rotatable bonds is 0. The topological polar surface area (TPSA) is 92.8 Å². The van der Waals surface area contributed by atoms with E-state index in [1.54, 1.807) is 0 Å². The van der Waals surface area contributed by atoms with Crippen LogP contribution in [-0.2, 0) is 9.53 Å². The van der Waals surface area contributed by atoms with E-state index in [-0.39, 0.29) is 6.61 Å². The van der Waals surface area contributed by atoms with E-state index in [1.165, 1.54) is 6.92 Å². The number of cyclic esters (lactones) is 1. The molecule has 5 heteroatoms. The van der Waals surface area contributed by atoms with Gasteiger partial charge in [0.2, 0.25) is 0 Å². The molecule has 1 saturated heterocycles. The Hall–Kier alpha value is -0.650. The summed E-state index contributed by atoms with van der Waals surface area (Å²) in [5.74, 6) is -0.822. The normalized spacial score (nSPS) is 45.3. The zero-order valence-corrected chi connectivity index (χ0v) is 6.15. The van der Waals surface area contributed by atoms with Crippen LogP contribution in [0.4, 0.5) is 0 Å². The first-order valence-electron chi connectivity index (χ1n) is 3.29. The van der Waals surface area contributed by atoms with Crippen molar-refractivity contribution >= 4 is 5.97 Å². The largest absolute Gasteiger partial charge is 0.462 e. The van der Waals surface area contributed by atoms with Crippen molar-refractivity contribution in [1.82, 2.24) is 0 Å². The number of hydrogen-bond donors (Lipinski definition) is 3. The molecule has 11 heavy (non-hydrogen) atoms. The second-order valence-electron chi connectivity index (χ2n) is 2.86. The maximum atomic E-state index is 10.7. The zero-order valence-electron chi connectivity index (χ0n) is 6.15. The fourth-order valence-electron chi connectivity index (χ4n) is 0.861. The molecule has 0 aliphatic carbocycles. The van der Waals surface area contributed by atoms with Crippen LogP contribution >= 0.6 is 0 Å². The van der Waals surface area contributed by atoms with Crippen molar-refractivity contribution in [1.29, 1.82) is 0 Å². The van der Waals surface area contributed by atoms with Crippen LogP contribution in [0.5, 0.6) is 0 Å². The minimum Gasteiger partial charge on any atom is -0.462 e. The fourth-order valence-corrected chi connectivity index (χ4v) is 0.861. The van der Waals surface area contributed by atoms with Crippen LogP contribution in [0.15, 0.2) is 0 Å². The summed E-state index contributed by atoms with van der Waals surface area (Å²) in [6, 6.07) is -0.727. The van der Waals surface area contributed by atoms with Crippen molar-refractivity contribution in [2.75, 3.05) is 6.61 Å². The Kier molecular flexibility index (Phi) is 1.87. The number of aliphatic hydroxyl groups excluding tert-OH is 1. The summed E-state index contributed by atoms with van der Waals surface area (Å²) in [6.45, 7) is 1.26. The van der Waals surface area contributed by atoms with Crippen molar-refractivity contribution in [3.8, 4) is 0 Å². The summed E-state index contributed by atoms with van der Waals surface area (Å²) < 4.78 is 4.46. The lowest BCUT2D eigenvalue weighted by atomic mass is 9.89. The molecule has 64 valence electrons.